The first-order valence-corrected chi connectivity index (χ1v) is 10.9. The van der Waals surface area contributed by atoms with E-state index < -0.39 is 41.9 Å². The van der Waals surface area contributed by atoms with Crippen molar-refractivity contribution in [3.63, 3.8) is 0 Å². The number of halogens is 2. The maximum Gasteiger partial charge on any atom is 0.274 e. The van der Waals surface area contributed by atoms with Crippen molar-refractivity contribution in [2.75, 3.05) is 6.54 Å². The largest absolute Gasteiger partial charge is 0.292 e. The van der Waals surface area contributed by atoms with Crippen molar-refractivity contribution in [1.29, 1.82) is 0 Å². The van der Waals surface area contributed by atoms with Gasteiger partial charge >= 0.3 is 0 Å². The number of hydrazine groups is 1. The van der Waals surface area contributed by atoms with Crippen LogP contribution in [0.5, 0.6) is 0 Å². The lowest BCUT2D eigenvalue weighted by molar-refractivity contribution is -0.154. The van der Waals surface area contributed by atoms with Gasteiger partial charge in [0.25, 0.3) is 17.7 Å². The number of hydrogen-bond donors (Lipinski definition) is 0. The monoisotopic (exact) mass is 500 g/mol. The number of fused-ring (bicyclic) bond motifs is 1. The van der Waals surface area contributed by atoms with E-state index in [2.05, 4.69) is 15.9 Å². The Morgan fingerprint density at radius 3 is 2.13 bits per heavy atom. The number of carbonyl (C=O) groups excluding carboxylic acids is 4. The van der Waals surface area contributed by atoms with Crippen LogP contribution < -0.4 is 0 Å². The van der Waals surface area contributed by atoms with Crippen molar-refractivity contribution >= 4 is 51.0 Å². The molecule has 1 aliphatic heterocycles. The molecule has 1 fully saturated rings. The molecule has 1 saturated heterocycles. The number of amides is 3. The van der Waals surface area contributed by atoms with E-state index in [1.54, 1.807) is 42.5 Å². The topological polar surface area (TPSA) is 74.8 Å². The fraction of sp³-hybridized carbons (Fsp3) is 0.217. The highest BCUT2D eigenvalue weighted by molar-refractivity contribution is 9.10. The first kappa shape index (κ1) is 21.5. The average Bonchev–Trinajstić information content (AvgIpc) is 3.03. The van der Waals surface area contributed by atoms with Crippen LogP contribution in [0.2, 0.25) is 5.02 Å². The van der Waals surface area contributed by atoms with Gasteiger partial charge in [-0.2, -0.15) is 5.01 Å². The van der Waals surface area contributed by atoms with Gasteiger partial charge in [0.05, 0.1) is 22.4 Å². The minimum absolute atomic E-state index is 0.112. The molecule has 2 aromatic rings. The van der Waals surface area contributed by atoms with Gasteiger partial charge in [-0.25, -0.2) is 5.01 Å². The summed E-state index contributed by atoms with van der Waals surface area (Å²) >= 11 is 9.52. The molecule has 0 unspecified atom stereocenters. The Morgan fingerprint density at radius 1 is 0.968 bits per heavy atom. The Bertz CT molecular complexity index is 1070. The van der Waals surface area contributed by atoms with Gasteiger partial charge in [-0.3, -0.25) is 19.2 Å². The van der Waals surface area contributed by atoms with E-state index in [-0.39, 0.29) is 10.6 Å². The smallest absolute Gasteiger partial charge is 0.274 e. The molecule has 8 heteroatoms. The molecule has 0 radical (unpaired) electrons. The Labute approximate surface area is 192 Å². The van der Waals surface area contributed by atoms with Crippen molar-refractivity contribution in [2.45, 2.75) is 12.8 Å². The zero-order chi connectivity index (χ0) is 22.1. The molecule has 158 valence electrons. The number of allylic oxidation sites excluding steroid dienone is 2. The Kier molecular flexibility index (Phi) is 6.07. The predicted octanol–water partition coefficient (Wildman–Crippen LogP) is 4.29. The summed E-state index contributed by atoms with van der Waals surface area (Å²) in [5.41, 5.74) is 0.472. The summed E-state index contributed by atoms with van der Waals surface area (Å²) in [6.07, 6.45) is 4.59. The molecular formula is C23H18BrClN2O4. The zero-order valence-electron chi connectivity index (χ0n) is 16.3. The average molecular weight is 502 g/mol. The molecule has 0 N–H and O–H groups in total. The van der Waals surface area contributed by atoms with E-state index in [0.29, 0.717) is 18.4 Å². The van der Waals surface area contributed by atoms with E-state index in [1.165, 1.54) is 6.07 Å². The summed E-state index contributed by atoms with van der Waals surface area (Å²) in [5, 5.41) is 1.96. The Morgan fingerprint density at radius 2 is 1.55 bits per heavy atom. The number of carbonyl (C=O) groups is 4. The third-order valence-electron chi connectivity index (χ3n) is 5.52. The van der Waals surface area contributed by atoms with Crippen LogP contribution in [0.1, 0.15) is 33.6 Å². The summed E-state index contributed by atoms with van der Waals surface area (Å²) in [6, 6.07) is 13.0. The highest BCUT2D eigenvalue weighted by atomic mass is 79.9. The molecule has 2 aromatic carbocycles. The second kappa shape index (κ2) is 8.77. The SMILES string of the molecule is O=C(CN(C(=O)c1ccccc1Cl)N1C(=O)[C@@H]2CC=CC[C@H]2C1=O)c1ccc(Br)cc1. The molecule has 0 saturated carbocycles. The fourth-order valence-corrected chi connectivity index (χ4v) is 4.37. The molecule has 2 aliphatic rings. The first-order chi connectivity index (χ1) is 14.9. The molecule has 1 heterocycles. The molecule has 6 nitrogen and oxygen atoms in total. The minimum Gasteiger partial charge on any atom is -0.292 e. The van der Waals surface area contributed by atoms with Crippen LogP contribution in [0.25, 0.3) is 0 Å². The van der Waals surface area contributed by atoms with Crippen LogP contribution in [-0.4, -0.2) is 40.1 Å². The molecule has 0 bridgehead atoms. The number of Topliss-reactive ketones (excluding diaryl/α,β-unsaturated/α-hetero) is 1. The van der Waals surface area contributed by atoms with Gasteiger partial charge in [-0.05, 0) is 37.1 Å². The number of benzene rings is 2. The lowest BCUT2D eigenvalue weighted by atomic mass is 9.85. The second-order valence-electron chi connectivity index (χ2n) is 7.42. The van der Waals surface area contributed by atoms with Gasteiger partial charge in [-0.15, -0.1) is 0 Å². The molecule has 0 aromatic heterocycles. The van der Waals surface area contributed by atoms with Crippen molar-refractivity contribution in [3.05, 3.63) is 81.3 Å². The summed E-state index contributed by atoms with van der Waals surface area (Å²) < 4.78 is 0.800. The number of hydrogen-bond acceptors (Lipinski definition) is 4. The highest BCUT2D eigenvalue weighted by Crippen LogP contribution is 2.36. The summed E-state index contributed by atoms with van der Waals surface area (Å²) in [6.45, 7) is -0.462. The van der Waals surface area contributed by atoms with Gasteiger partial charge in [0.1, 0.15) is 6.54 Å². The van der Waals surface area contributed by atoms with Gasteiger partial charge in [0.15, 0.2) is 5.78 Å². The summed E-state index contributed by atoms with van der Waals surface area (Å²) in [4.78, 5) is 52.6. The molecular weight excluding hydrogens is 484 g/mol. The van der Waals surface area contributed by atoms with E-state index in [0.717, 1.165) is 14.5 Å². The van der Waals surface area contributed by atoms with E-state index in [1.807, 2.05) is 12.2 Å². The number of nitrogens with zero attached hydrogens (tertiary/aromatic N) is 2. The Balaban J connectivity index is 1.70. The van der Waals surface area contributed by atoms with Crippen LogP contribution in [0.4, 0.5) is 0 Å². The molecule has 2 atom stereocenters. The molecule has 31 heavy (non-hydrogen) atoms. The van der Waals surface area contributed by atoms with Gasteiger partial charge in [0.2, 0.25) is 0 Å². The first-order valence-electron chi connectivity index (χ1n) is 9.76. The van der Waals surface area contributed by atoms with Crippen LogP contribution in [0.15, 0.2) is 65.2 Å². The van der Waals surface area contributed by atoms with Gasteiger partial charge < -0.3 is 0 Å². The summed E-state index contributed by atoms with van der Waals surface area (Å²) in [5.74, 6) is -3.07. The van der Waals surface area contributed by atoms with E-state index in [4.69, 9.17) is 11.6 Å². The van der Waals surface area contributed by atoms with Crippen LogP contribution in [0.3, 0.4) is 0 Å². The second-order valence-corrected chi connectivity index (χ2v) is 8.74. The number of rotatable bonds is 5. The zero-order valence-corrected chi connectivity index (χ0v) is 18.7. The fourth-order valence-electron chi connectivity index (χ4n) is 3.89. The number of ketones is 1. The van der Waals surface area contributed by atoms with Crippen molar-refractivity contribution in [2.24, 2.45) is 11.8 Å². The van der Waals surface area contributed by atoms with Crippen LogP contribution in [0, 0.1) is 11.8 Å². The molecule has 4 rings (SSSR count). The molecule has 1 aliphatic carbocycles. The highest BCUT2D eigenvalue weighted by Gasteiger charge is 2.51. The van der Waals surface area contributed by atoms with Crippen molar-refractivity contribution in [3.8, 4) is 0 Å². The van der Waals surface area contributed by atoms with Crippen molar-refractivity contribution in [1.82, 2.24) is 10.0 Å². The van der Waals surface area contributed by atoms with Gasteiger partial charge in [0, 0.05) is 10.0 Å². The summed E-state index contributed by atoms with van der Waals surface area (Å²) in [7, 11) is 0. The molecule has 3 amide bonds. The minimum atomic E-state index is -0.677. The lowest BCUT2D eigenvalue weighted by Gasteiger charge is -2.30. The van der Waals surface area contributed by atoms with Crippen LogP contribution in [-0.2, 0) is 9.59 Å². The quantitative estimate of drug-likeness (QED) is 0.348. The lowest BCUT2D eigenvalue weighted by Crippen LogP contribution is -2.52. The Hall–Kier alpha value is -2.77. The molecule has 0 spiro atoms. The van der Waals surface area contributed by atoms with Gasteiger partial charge in [-0.1, -0.05) is 63.9 Å². The maximum absolute atomic E-state index is 13.4. The number of imide groups is 1. The predicted molar refractivity (Wildman–Crippen MR) is 118 cm³/mol. The maximum atomic E-state index is 13.4. The van der Waals surface area contributed by atoms with Crippen LogP contribution >= 0.6 is 27.5 Å². The standard InChI is InChI=1S/C23H18BrClN2O4/c24-15-11-9-14(10-12-15)20(28)13-26(21(29)18-7-3-4-8-19(18)25)27-22(30)16-5-1-2-6-17(16)23(27)31/h1-4,7-12,16-17H,5-6,13H2/t16-,17-/m1/s1. The normalized spacial score (nSPS) is 20.0. The third kappa shape index (κ3) is 4.07. The van der Waals surface area contributed by atoms with E-state index in [9.17, 15) is 19.2 Å². The van der Waals surface area contributed by atoms with Crippen molar-refractivity contribution < 1.29 is 19.2 Å². The third-order valence-corrected chi connectivity index (χ3v) is 6.38. The van der Waals surface area contributed by atoms with E-state index >= 15 is 0 Å².